The lowest BCUT2D eigenvalue weighted by molar-refractivity contribution is -0.154. The molecule has 0 amide bonds. The maximum atomic E-state index is 11.1. The van der Waals surface area contributed by atoms with Gasteiger partial charge in [0.25, 0.3) is 0 Å². The van der Waals surface area contributed by atoms with Gasteiger partial charge in [0.1, 0.15) is 0 Å². The van der Waals surface area contributed by atoms with Crippen LogP contribution < -0.4 is 5.32 Å². The van der Waals surface area contributed by atoms with E-state index in [-0.39, 0.29) is 0 Å². The fourth-order valence-corrected chi connectivity index (χ4v) is 1.86. The topological polar surface area (TPSA) is 49.3 Å². The summed E-state index contributed by atoms with van der Waals surface area (Å²) in [7, 11) is 0. The fourth-order valence-electron chi connectivity index (χ4n) is 1.86. The maximum Gasteiger partial charge on any atom is 0.310 e. The molecule has 1 rings (SSSR count). The third-order valence-corrected chi connectivity index (χ3v) is 3.28. The van der Waals surface area contributed by atoms with Crippen molar-refractivity contribution >= 4 is 5.97 Å². The van der Waals surface area contributed by atoms with Gasteiger partial charge in [-0.15, -0.1) is 0 Å². The molecule has 0 unspecified atom stereocenters. The first-order valence-corrected chi connectivity index (χ1v) is 5.80. The third-order valence-electron chi connectivity index (χ3n) is 3.28. The summed E-state index contributed by atoms with van der Waals surface area (Å²) >= 11 is 0. The molecular weight excluding hydrogens is 190 g/mol. The van der Waals surface area contributed by atoms with Crippen LogP contribution in [0.3, 0.4) is 0 Å². The van der Waals surface area contributed by atoms with Crippen LogP contribution in [0.4, 0.5) is 0 Å². The second-order valence-corrected chi connectivity index (χ2v) is 5.93. The van der Waals surface area contributed by atoms with Crippen molar-refractivity contribution in [2.24, 2.45) is 10.8 Å². The lowest BCUT2D eigenvalue weighted by atomic mass is 9.69. The summed E-state index contributed by atoms with van der Waals surface area (Å²) in [6.45, 7) is 8.15. The summed E-state index contributed by atoms with van der Waals surface area (Å²) in [5, 5.41) is 12.4. The number of hydrogen-bond donors (Lipinski definition) is 2. The molecule has 0 aromatic carbocycles. The molecule has 0 aliphatic heterocycles. The number of hydrogen-bond acceptors (Lipinski definition) is 2. The maximum absolute atomic E-state index is 11.1. The summed E-state index contributed by atoms with van der Waals surface area (Å²) in [4.78, 5) is 11.1. The van der Waals surface area contributed by atoms with Crippen molar-refractivity contribution in [1.82, 2.24) is 5.32 Å². The first-order valence-electron chi connectivity index (χ1n) is 5.80. The molecule has 0 heterocycles. The molecule has 0 radical (unpaired) electrons. The van der Waals surface area contributed by atoms with Gasteiger partial charge in [0, 0.05) is 6.54 Å². The van der Waals surface area contributed by atoms with Gasteiger partial charge in [-0.2, -0.15) is 0 Å². The van der Waals surface area contributed by atoms with Gasteiger partial charge in [0.05, 0.1) is 5.41 Å². The van der Waals surface area contributed by atoms with Crippen molar-refractivity contribution in [3.63, 3.8) is 0 Å². The molecular formula is C12H23NO2. The monoisotopic (exact) mass is 213 g/mol. The Labute approximate surface area is 92.3 Å². The van der Waals surface area contributed by atoms with Gasteiger partial charge in [0.2, 0.25) is 0 Å². The van der Waals surface area contributed by atoms with E-state index in [0.29, 0.717) is 12.0 Å². The number of aliphatic carboxylic acids is 1. The van der Waals surface area contributed by atoms with Crippen LogP contribution in [-0.2, 0) is 4.79 Å². The summed E-state index contributed by atoms with van der Waals surface area (Å²) in [6, 6.07) is 0. The zero-order chi connectivity index (χ0) is 11.5. The van der Waals surface area contributed by atoms with Crippen LogP contribution in [0.25, 0.3) is 0 Å². The number of carboxylic acid groups (broad SMARTS) is 1. The Morgan fingerprint density at radius 2 is 2.00 bits per heavy atom. The highest BCUT2D eigenvalue weighted by Gasteiger charge is 2.43. The number of nitrogens with one attached hydrogen (secondary N) is 1. The average molecular weight is 213 g/mol. The summed E-state index contributed by atoms with van der Waals surface area (Å²) in [6.07, 6.45) is 3.83. The van der Waals surface area contributed by atoms with E-state index in [9.17, 15) is 4.79 Å². The molecule has 0 bridgehead atoms. The fraction of sp³-hybridized carbons (Fsp3) is 0.917. The minimum absolute atomic E-state index is 0.322. The van der Waals surface area contributed by atoms with Crippen LogP contribution >= 0.6 is 0 Å². The summed E-state index contributed by atoms with van der Waals surface area (Å²) in [5.41, 5.74) is -0.124. The van der Waals surface area contributed by atoms with E-state index in [1.165, 1.54) is 0 Å². The van der Waals surface area contributed by atoms with E-state index in [1.807, 2.05) is 0 Å². The van der Waals surface area contributed by atoms with E-state index in [2.05, 4.69) is 26.1 Å². The predicted molar refractivity (Wildman–Crippen MR) is 60.9 cm³/mol. The van der Waals surface area contributed by atoms with Crippen molar-refractivity contribution in [3.05, 3.63) is 0 Å². The molecule has 0 aromatic rings. The molecule has 0 spiro atoms. The first-order chi connectivity index (χ1) is 6.86. The van der Waals surface area contributed by atoms with Crippen molar-refractivity contribution in [1.29, 1.82) is 0 Å². The van der Waals surface area contributed by atoms with Crippen LogP contribution in [0.5, 0.6) is 0 Å². The summed E-state index contributed by atoms with van der Waals surface area (Å²) < 4.78 is 0. The molecule has 1 aliphatic rings. The van der Waals surface area contributed by atoms with E-state index in [1.54, 1.807) is 0 Å². The zero-order valence-corrected chi connectivity index (χ0v) is 10.1. The number of rotatable bonds is 5. The van der Waals surface area contributed by atoms with E-state index in [4.69, 9.17) is 5.11 Å². The molecule has 0 atom stereocenters. The Balaban J connectivity index is 2.22. The van der Waals surface area contributed by atoms with Crippen LogP contribution in [-0.4, -0.2) is 24.2 Å². The van der Waals surface area contributed by atoms with Gasteiger partial charge >= 0.3 is 5.97 Å². The smallest absolute Gasteiger partial charge is 0.310 e. The predicted octanol–water partition coefficient (Wildman–Crippen LogP) is 2.27. The molecule has 2 N–H and O–H groups in total. The minimum Gasteiger partial charge on any atom is -0.481 e. The Kier molecular flexibility index (Phi) is 3.77. The Hall–Kier alpha value is -0.570. The Morgan fingerprint density at radius 3 is 2.33 bits per heavy atom. The Bertz CT molecular complexity index is 226. The van der Waals surface area contributed by atoms with Gasteiger partial charge < -0.3 is 10.4 Å². The third kappa shape index (κ3) is 3.49. The van der Waals surface area contributed by atoms with E-state index >= 15 is 0 Å². The molecule has 0 aromatic heterocycles. The minimum atomic E-state index is -0.628. The van der Waals surface area contributed by atoms with Crippen LogP contribution in [0, 0.1) is 10.8 Å². The van der Waals surface area contributed by atoms with Crippen LogP contribution in [0.15, 0.2) is 0 Å². The molecule has 3 heteroatoms. The van der Waals surface area contributed by atoms with Gasteiger partial charge in [-0.25, -0.2) is 0 Å². The van der Waals surface area contributed by atoms with Gasteiger partial charge in [0.15, 0.2) is 0 Å². The highest BCUT2D eigenvalue weighted by Crippen LogP contribution is 2.40. The number of carboxylic acids is 1. The summed E-state index contributed by atoms with van der Waals surface area (Å²) in [5.74, 6) is -0.628. The van der Waals surface area contributed by atoms with Crippen LogP contribution in [0.2, 0.25) is 0 Å². The van der Waals surface area contributed by atoms with Crippen molar-refractivity contribution in [2.75, 3.05) is 13.1 Å². The SMILES string of the molecule is CC(C)(C)CCNCC1(C(=O)O)CCC1. The van der Waals surface area contributed by atoms with Gasteiger partial charge in [-0.3, -0.25) is 4.79 Å². The molecule has 88 valence electrons. The second-order valence-electron chi connectivity index (χ2n) is 5.93. The van der Waals surface area contributed by atoms with Crippen molar-refractivity contribution < 1.29 is 9.90 Å². The van der Waals surface area contributed by atoms with E-state index in [0.717, 1.165) is 32.2 Å². The molecule has 0 saturated heterocycles. The highest BCUT2D eigenvalue weighted by molar-refractivity contribution is 5.76. The molecule has 15 heavy (non-hydrogen) atoms. The van der Waals surface area contributed by atoms with Gasteiger partial charge in [-0.1, -0.05) is 27.2 Å². The standard InChI is InChI=1S/C12H23NO2/c1-11(2,3)7-8-13-9-12(10(14)15)5-4-6-12/h13H,4-9H2,1-3H3,(H,14,15). The van der Waals surface area contributed by atoms with E-state index < -0.39 is 11.4 Å². The molecule has 1 fully saturated rings. The second kappa shape index (κ2) is 4.52. The normalized spacial score (nSPS) is 19.7. The average Bonchev–Trinajstić information content (AvgIpc) is 1.98. The molecule has 1 aliphatic carbocycles. The lowest BCUT2D eigenvalue weighted by Gasteiger charge is -2.38. The molecule has 1 saturated carbocycles. The van der Waals surface area contributed by atoms with Crippen molar-refractivity contribution in [2.45, 2.75) is 46.5 Å². The number of carbonyl (C=O) groups is 1. The Morgan fingerprint density at radius 1 is 1.40 bits per heavy atom. The molecule has 3 nitrogen and oxygen atoms in total. The lowest BCUT2D eigenvalue weighted by Crippen LogP contribution is -2.46. The largest absolute Gasteiger partial charge is 0.481 e. The first kappa shape index (κ1) is 12.5. The highest BCUT2D eigenvalue weighted by atomic mass is 16.4. The van der Waals surface area contributed by atoms with Crippen molar-refractivity contribution in [3.8, 4) is 0 Å². The quantitative estimate of drug-likeness (QED) is 0.689. The van der Waals surface area contributed by atoms with Gasteiger partial charge in [-0.05, 0) is 31.2 Å². The zero-order valence-electron chi connectivity index (χ0n) is 10.1. The van der Waals surface area contributed by atoms with Crippen LogP contribution in [0.1, 0.15) is 46.5 Å².